The molecule has 0 spiro atoms. The standard InChI is InChI=1S/C12H18N2O/c13-11-5-1-2-6-12(11)14-7-3-4-10(8-14)9-15/h1-2,5-6,10,15H,3-4,7-9,13H2/t10-/m1/s1. The van der Waals surface area contributed by atoms with Crippen LogP contribution in [0.5, 0.6) is 0 Å². The van der Waals surface area contributed by atoms with Gasteiger partial charge in [-0.2, -0.15) is 0 Å². The van der Waals surface area contributed by atoms with Gasteiger partial charge in [0.05, 0.1) is 11.4 Å². The molecule has 1 aromatic carbocycles. The predicted octanol–water partition coefficient (Wildman–Crippen LogP) is 1.48. The van der Waals surface area contributed by atoms with Crippen molar-refractivity contribution in [3.8, 4) is 0 Å². The van der Waals surface area contributed by atoms with Gasteiger partial charge in [0.25, 0.3) is 0 Å². The van der Waals surface area contributed by atoms with E-state index in [0.29, 0.717) is 5.92 Å². The highest BCUT2D eigenvalue weighted by atomic mass is 16.3. The van der Waals surface area contributed by atoms with Crippen molar-refractivity contribution in [2.24, 2.45) is 5.92 Å². The highest BCUT2D eigenvalue weighted by molar-refractivity contribution is 5.67. The summed E-state index contributed by atoms with van der Waals surface area (Å²) >= 11 is 0. The molecule has 1 atom stereocenters. The maximum atomic E-state index is 9.17. The van der Waals surface area contributed by atoms with Gasteiger partial charge in [0, 0.05) is 19.7 Å². The first-order chi connectivity index (χ1) is 7.31. The fourth-order valence-corrected chi connectivity index (χ4v) is 2.21. The average Bonchev–Trinajstić information content (AvgIpc) is 2.30. The Bertz CT molecular complexity index is 327. The number of anilines is 2. The van der Waals surface area contributed by atoms with Crippen LogP contribution in [0.3, 0.4) is 0 Å². The van der Waals surface area contributed by atoms with Gasteiger partial charge in [0.15, 0.2) is 0 Å². The van der Waals surface area contributed by atoms with Gasteiger partial charge < -0.3 is 15.7 Å². The maximum Gasteiger partial charge on any atom is 0.0600 e. The molecule has 1 aliphatic rings. The molecule has 0 amide bonds. The summed E-state index contributed by atoms with van der Waals surface area (Å²) in [5.41, 5.74) is 7.87. The second kappa shape index (κ2) is 4.53. The highest BCUT2D eigenvalue weighted by Crippen LogP contribution is 2.27. The van der Waals surface area contributed by atoms with Crippen molar-refractivity contribution in [3.63, 3.8) is 0 Å². The molecule has 1 aromatic rings. The van der Waals surface area contributed by atoms with Crippen LogP contribution < -0.4 is 10.6 Å². The van der Waals surface area contributed by atoms with Gasteiger partial charge in [-0.15, -0.1) is 0 Å². The quantitative estimate of drug-likeness (QED) is 0.721. The number of aliphatic hydroxyl groups is 1. The van der Waals surface area contributed by atoms with Gasteiger partial charge in [0.2, 0.25) is 0 Å². The number of piperidine rings is 1. The van der Waals surface area contributed by atoms with E-state index in [-0.39, 0.29) is 6.61 Å². The lowest BCUT2D eigenvalue weighted by atomic mass is 9.98. The lowest BCUT2D eigenvalue weighted by Crippen LogP contribution is -2.37. The van der Waals surface area contributed by atoms with E-state index in [0.717, 1.165) is 37.3 Å². The molecule has 3 N–H and O–H groups in total. The summed E-state index contributed by atoms with van der Waals surface area (Å²) < 4.78 is 0. The minimum atomic E-state index is 0.281. The molecule has 3 heteroatoms. The summed E-state index contributed by atoms with van der Waals surface area (Å²) in [4.78, 5) is 2.28. The zero-order chi connectivity index (χ0) is 10.7. The van der Waals surface area contributed by atoms with E-state index in [1.165, 1.54) is 0 Å². The molecule has 15 heavy (non-hydrogen) atoms. The van der Waals surface area contributed by atoms with Gasteiger partial charge >= 0.3 is 0 Å². The van der Waals surface area contributed by atoms with Crippen LogP contribution in [0.1, 0.15) is 12.8 Å². The van der Waals surface area contributed by atoms with E-state index < -0.39 is 0 Å². The smallest absolute Gasteiger partial charge is 0.0600 e. The maximum absolute atomic E-state index is 9.17. The van der Waals surface area contributed by atoms with Crippen LogP contribution in [0.4, 0.5) is 11.4 Å². The molecule has 82 valence electrons. The summed E-state index contributed by atoms with van der Waals surface area (Å²) in [5.74, 6) is 0.401. The number of nitrogens with zero attached hydrogens (tertiary/aromatic N) is 1. The third kappa shape index (κ3) is 2.23. The Morgan fingerprint density at radius 1 is 1.40 bits per heavy atom. The zero-order valence-electron chi connectivity index (χ0n) is 8.89. The minimum Gasteiger partial charge on any atom is -0.397 e. The van der Waals surface area contributed by atoms with Gasteiger partial charge in [-0.1, -0.05) is 12.1 Å². The summed E-state index contributed by atoms with van der Waals surface area (Å²) in [7, 11) is 0. The third-order valence-electron chi connectivity index (χ3n) is 3.05. The monoisotopic (exact) mass is 206 g/mol. The Hall–Kier alpha value is -1.22. The van der Waals surface area contributed by atoms with Crippen LogP contribution in [0.25, 0.3) is 0 Å². The van der Waals surface area contributed by atoms with E-state index in [9.17, 15) is 0 Å². The van der Waals surface area contributed by atoms with E-state index in [4.69, 9.17) is 10.8 Å². The molecule has 0 saturated carbocycles. The molecule has 0 aromatic heterocycles. The average molecular weight is 206 g/mol. The second-order valence-corrected chi connectivity index (χ2v) is 4.20. The number of hydrogen-bond acceptors (Lipinski definition) is 3. The predicted molar refractivity (Wildman–Crippen MR) is 62.9 cm³/mol. The number of rotatable bonds is 2. The Morgan fingerprint density at radius 2 is 2.20 bits per heavy atom. The highest BCUT2D eigenvalue weighted by Gasteiger charge is 2.20. The largest absolute Gasteiger partial charge is 0.397 e. The molecular formula is C12H18N2O. The van der Waals surface area contributed by atoms with Gasteiger partial charge in [-0.3, -0.25) is 0 Å². The summed E-state index contributed by atoms with van der Waals surface area (Å²) in [6, 6.07) is 7.94. The van der Waals surface area contributed by atoms with Crippen molar-refractivity contribution in [1.82, 2.24) is 0 Å². The topological polar surface area (TPSA) is 49.5 Å². The van der Waals surface area contributed by atoms with Crippen molar-refractivity contribution < 1.29 is 5.11 Å². The Labute approximate surface area is 90.5 Å². The normalized spacial score (nSPS) is 21.7. The van der Waals surface area contributed by atoms with Gasteiger partial charge in [0.1, 0.15) is 0 Å². The number of benzene rings is 1. The van der Waals surface area contributed by atoms with Crippen LogP contribution in [0, 0.1) is 5.92 Å². The van der Waals surface area contributed by atoms with Crippen LogP contribution >= 0.6 is 0 Å². The van der Waals surface area contributed by atoms with E-state index in [2.05, 4.69) is 11.0 Å². The lowest BCUT2D eigenvalue weighted by molar-refractivity contribution is 0.209. The van der Waals surface area contributed by atoms with E-state index in [1.807, 2.05) is 18.2 Å². The summed E-state index contributed by atoms with van der Waals surface area (Å²) in [6.45, 7) is 2.25. The SMILES string of the molecule is Nc1ccccc1N1CCC[C@@H](CO)C1. The third-order valence-corrected chi connectivity index (χ3v) is 3.05. The number of nitrogen functional groups attached to an aromatic ring is 1. The Kier molecular flexibility index (Phi) is 3.11. The molecule has 0 aliphatic carbocycles. The fraction of sp³-hybridized carbons (Fsp3) is 0.500. The number of hydrogen-bond donors (Lipinski definition) is 2. The lowest BCUT2D eigenvalue weighted by Gasteiger charge is -2.34. The van der Waals surface area contributed by atoms with Crippen LogP contribution in [-0.2, 0) is 0 Å². The Morgan fingerprint density at radius 3 is 2.93 bits per heavy atom. The first-order valence-electron chi connectivity index (χ1n) is 5.51. The van der Waals surface area contributed by atoms with E-state index >= 15 is 0 Å². The molecule has 1 saturated heterocycles. The first kappa shape index (κ1) is 10.3. The minimum absolute atomic E-state index is 0.281. The summed E-state index contributed by atoms with van der Waals surface area (Å²) in [6.07, 6.45) is 2.26. The van der Waals surface area contributed by atoms with Crippen molar-refractivity contribution in [1.29, 1.82) is 0 Å². The fourth-order valence-electron chi connectivity index (χ4n) is 2.21. The molecule has 1 heterocycles. The zero-order valence-corrected chi connectivity index (χ0v) is 8.89. The molecule has 2 rings (SSSR count). The van der Waals surface area contributed by atoms with Crippen molar-refractivity contribution >= 4 is 11.4 Å². The first-order valence-corrected chi connectivity index (χ1v) is 5.51. The molecule has 0 radical (unpaired) electrons. The number of nitrogens with two attached hydrogens (primary N) is 1. The van der Waals surface area contributed by atoms with Crippen molar-refractivity contribution in [2.45, 2.75) is 12.8 Å². The van der Waals surface area contributed by atoms with Gasteiger partial charge in [-0.25, -0.2) is 0 Å². The van der Waals surface area contributed by atoms with Crippen molar-refractivity contribution in [2.75, 3.05) is 30.3 Å². The number of aliphatic hydroxyl groups excluding tert-OH is 1. The summed E-state index contributed by atoms with van der Waals surface area (Å²) in [5, 5.41) is 9.17. The molecule has 1 aliphatic heterocycles. The van der Waals surface area contributed by atoms with Crippen LogP contribution in [0.2, 0.25) is 0 Å². The molecular weight excluding hydrogens is 188 g/mol. The Balaban J connectivity index is 2.13. The van der Waals surface area contributed by atoms with Gasteiger partial charge in [-0.05, 0) is 30.9 Å². The van der Waals surface area contributed by atoms with Crippen LogP contribution in [-0.4, -0.2) is 24.8 Å². The molecule has 0 bridgehead atoms. The molecule has 1 fully saturated rings. The number of para-hydroxylation sites is 2. The van der Waals surface area contributed by atoms with Crippen molar-refractivity contribution in [3.05, 3.63) is 24.3 Å². The second-order valence-electron chi connectivity index (χ2n) is 4.20. The van der Waals surface area contributed by atoms with Crippen LogP contribution in [0.15, 0.2) is 24.3 Å². The molecule has 0 unspecified atom stereocenters. The molecule has 3 nitrogen and oxygen atoms in total. The van der Waals surface area contributed by atoms with E-state index in [1.54, 1.807) is 0 Å².